The summed E-state index contributed by atoms with van der Waals surface area (Å²) in [5.74, 6) is 0.240. The van der Waals surface area contributed by atoms with E-state index in [0.717, 1.165) is 22.3 Å². The van der Waals surface area contributed by atoms with Gasteiger partial charge in [-0.25, -0.2) is 19.3 Å². The third-order valence-electron chi connectivity index (χ3n) is 5.47. The van der Waals surface area contributed by atoms with Crippen LogP contribution in [0.1, 0.15) is 11.1 Å². The lowest BCUT2D eigenvalue weighted by atomic mass is 10.0. The molecule has 0 aliphatic heterocycles. The molecule has 0 saturated heterocycles. The van der Waals surface area contributed by atoms with Gasteiger partial charge in [0.1, 0.15) is 12.1 Å². The zero-order chi connectivity index (χ0) is 24.2. The molecule has 0 saturated carbocycles. The normalized spacial score (nSPS) is 10.4. The highest BCUT2D eigenvalue weighted by atomic mass is 19.1. The van der Waals surface area contributed by atoms with Gasteiger partial charge in [0.05, 0.1) is 11.1 Å². The first kappa shape index (κ1) is 21.6. The lowest BCUT2D eigenvalue weighted by Gasteiger charge is -2.10. The fraction of sp³-hybridized carbons (Fsp3) is 0. The van der Waals surface area contributed by atoms with E-state index in [1.807, 2.05) is 84.9 Å². The fourth-order valence-electron chi connectivity index (χ4n) is 3.74. The summed E-state index contributed by atoms with van der Waals surface area (Å²) < 4.78 is 14.4. The molecule has 4 aromatic carbocycles. The lowest BCUT2D eigenvalue weighted by molar-refractivity contribution is 0.620. The van der Waals surface area contributed by atoms with Gasteiger partial charge in [-0.05, 0) is 29.3 Å². The van der Waals surface area contributed by atoms with Crippen molar-refractivity contribution < 1.29 is 4.39 Å². The van der Waals surface area contributed by atoms with Gasteiger partial charge in [0.15, 0.2) is 23.3 Å². The number of nitrogens with zero attached hydrogens (tertiary/aromatic N) is 5. The highest BCUT2D eigenvalue weighted by molar-refractivity contribution is 5.73. The minimum Gasteiger partial charge on any atom is -0.208 e. The van der Waals surface area contributed by atoms with Gasteiger partial charge in [-0.3, -0.25) is 0 Å². The van der Waals surface area contributed by atoms with E-state index in [-0.39, 0.29) is 17.0 Å². The molecule has 0 N–H and O–H groups in total. The zero-order valence-electron chi connectivity index (χ0n) is 18.4. The summed E-state index contributed by atoms with van der Waals surface area (Å²) in [5, 5.41) is 18.7. The Morgan fingerprint density at radius 3 is 1.51 bits per heavy atom. The number of nitriles is 2. The molecular formula is C29H16FN5. The standard InChI is InChI=1S/C29H16FN5/c30-26-24(17-31)15-23(16-25(26)18-32)29-34-27(20-10-5-2-6-11-20)33-28(35-29)22-13-7-12-21(14-22)19-8-3-1-4-9-19/h1-16H. The van der Waals surface area contributed by atoms with Crippen molar-refractivity contribution in [2.24, 2.45) is 0 Å². The van der Waals surface area contributed by atoms with Crippen LogP contribution in [0.5, 0.6) is 0 Å². The van der Waals surface area contributed by atoms with Gasteiger partial charge in [0.2, 0.25) is 0 Å². The molecule has 0 radical (unpaired) electrons. The summed E-state index contributed by atoms with van der Waals surface area (Å²) in [4.78, 5) is 14.0. The van der Waals surface area contributed by atoms with Crippen LogP contribution < -0.4 is 0 Å². The van der Waals surface area contributed by atoms with Crippen molar-refractivity contribution in [2.45, 2.75) is 0 Å². The molecule has 0 bridgehead atoms. The second-order valence-electron chi connectivity index (χ2n) is 7.73. The van der Waals surface area contributed by atoms with E-state index < -0.39 is 5.82 Å². The summed E-state index contributed by atoms with van der Waals surface area (Å²) in [6, 6.07) is 33.6. The van der Waals surface area contributed by atoms with Gasteiger partial charge in [-0.2, -0.15) is 10.5 Å². The highest BCUT2D eigenvalue weighted by Crippen LogP contribution is 2.29. The van der Waals surface area contributed by atoms with Gasteiger partial charge in [0.25, 0.3) is 0 Å². The molecule has 5 rings (SSSR count). The summed E-state index contributed by atoms with van der Waals surface area (Å²) in [7, 11) is 0. The minimum absolute atomic E-state index is 0.242. The van der Waals surface area contributed by atoms with Crippen LogP contribution in [-0.4, -0.2) is 15.0 Å². The topological polar surface area (TPSA) is 86.2 Å². The average molecular weight is 453 g/mol. The van der Waals surface area contributed by atoms with E-state index in [0.29, 0.717) is 17.2 Å². The first-order valence-corrected chi connectivity index (χ1v) is 10.8. The van der Waals surface area contributed by atoms with E-state index in [4.69, 9.17) is 4.98 Å². The SMILES string of the molecule is N#Cc1cc(-c2nc(-c3ccccc3)nc(-c3cccc(-c4ccccc4)c3)n2)cc(C#N)c1F. The molecule has 0 fully saturated rings. The van der Waals surface area contributed by atoms with Crippen LogP contribution in [0.3, 0.4) is 0 Å². The Hall–Kier alpha value is -5.20. The summed E-state index contributed by atoms with van der Waals surface area (Å²) in [6.07, 6.45) is 0. The van der Waals surface area contributed by atoms with Gasteiger partial charge >= 0.3 is 0 Å². The molecule has 0 aliphatic rings. The Labute approximate surface area is 201 Å². The summed E-state index contributed by atoms with van der Waals surface area (Å²) >= 11 is 0. The Kier molecular flexibility index (Phi) is 5.78. The molecule has 35 heavy (non-hydrogen) atoms. The predicted molar refractivity (Wildman–Crippen MR) is 131 cm³/mol. The molecule has 164 valence electrons. The number of benzene rings is 4. The molecule has 0 aliphatic carbocycles. The van der Waals surface area contributed by atoms with Crippen molar-refractivity contribution in [3.63, 3.8) is 0 Å². The third-order valence-corrected chi connectivity index (χ3v) is 5.47. The number of hydrogen-bond donors (Lipinski definition) is 0. The maximum atomic E-state index is 14.4. The number of aromatic nitrogens is 3. The van der Waals surface area contributed by atoms with Crippen LogP contribution >= 0.6 is 0 Å². The quantitative estimate of drug-likeness (QED) is 0.313. The van der Waals surface area contributed by atoms with E-state index in [1.54, 1.807) is 12.1 Å². The van der Waals surface area contributed by atoms with Crippen LogP contribution in [0.2, 0.25) is 0 Å². The summed E-state index contributed by atoms with van der Waals surface area (Å²) in [6.45, 7) is 0. The highest BCUT2D eigenvalue weighted by Gasteiger charge is 2.17. The van der Waals surface area contributed by atoms with Crippen LogP contribution in [-0.2, 0) is 0 Å². The molecule has 0 spiro atoms. The summed E-state index contributed by atoms with van der Waals surface area (Å²) in [5.41, 5.74) is 3.49. The monoisotopic (exact) mass is 453 g/mol. The Bertz CT molecular complexity index is 1580. The van der Waals surface area contributed by atoms with Crippen LogP contribution in [0.4, 0.5) is 4.39 Å². The van der Waals surface area contributed by atoms with Crippen molar-refractivity contribution >= 4 is 0 Å². The average Bonchev–Trinajstić information content (AvgIpc) is 2.94. The Morgan fingerprint density at radius 1 is 0.486 bits per heavy atom. The van der Waals surface area contributed by atoms with Gasteiger partial charge in [0, 0.05) is 16.7 Å². The number of hydrogen-bond acceptors (Lipinski definition) is 5. The maximum Gasteiger partial charge on any atom is 0.164 e. The van der Waals surface area contributed by atoms with Gasteiger partial charge < -0.3 is 0 Å². The largest absolute Gasteiger partial charge is 0.208 e. The molecule has 0 unspecified atom stereocenters. The van der Waals surface area contributed by atoms with Crippen molar-refractivity contribution in [3.05, 3.63) is 114 Å². The molecule has 5 nitrogen and oxygen atoms in total. The number of halogens is 1. The predicted octanol–water partition coefficient (Wildman–Crippen LogP) is 6.42. The molecule has 0 amide bonds. The first-order valence-electron chi connectivity index (χ1n) is 10.8. The van der Waals surface area contributed by atoms with Crippen molar-refractivity contribution in [1.29, 1.82) is 10.5 Å². The third kappa shape index (κ3) is 4.37. The molecule has 5 aromatic rings. The molecule has 1 heterocycles. The second kappa shape index (κ2) is 9.35. The second-order valence-corrected chi connectivity index (χ2v) is 7.73. The fourth-order valence-corrected chi connectivity index (χ4v) is 3.74. The first-order chi connectivity index (χ1) is 17.2. The lowest BCUT2D eigenvalue weighted by Crippen LogP contribution is -2.01. The van der Waals surface area contributed by atoms with E-state index in [2.05, 4.69) is 9.97 Å². The molecule has 1 aromatic heterocycles. The van der Waals surface area contributed by atoms with Crippen LogP contribution in [0.15, 0.2) is 97.1 Å². The zero-order valence-corrected chi connectivity index (χ0v) is 18.4. The Morgan fingerprint density at radius 2 is 0.943 bits per heavy atom. The van der Waals surface area contributed by atoms with Crippen molar-refractivity contribution in [1.82, 2.24) is 15.0 Å². The van der Waals surface area contributed by atoms with Gasteiger partial charge in [-0.1, -0.05) is 78.9 Å². The minimum atomic E-state index is -0.855. The van der Waals surface area contributed by atoms with Gasteiger partial charge in [-0.15, -0.1) is 0 Å². The van der Waals surface area contributed by atoms with Crippen molar-refractivity contribution in [3.8, 4) is 57.4 Å². The Balaban J connectivity index is 1.72. The van der Waals surface area contributed by atoms with E-state index in [9.17, 15) is 14.9 Å². The number of rotatable bonds is 4. The smallest absolute Gasteiger partial charge is 0.164 e. The molecular weight excluding hydrogens is 437 g/mol. The van der Waals surface area contributed by atoms with E-state index >= 15 is 0 Å². The molecule has 6 heteroatoms. The molecule has 0 atom stereocenters. The van der Waals surface area contributed by atoms with E-state index in [1.165, 1.54) is 12.1 Å². The van der Waals surface area contributed by atoms with Crippen molar-refractivity contribution in [2.75, 3.05) is 0 Å². The maximum absolute atomic E-state index is 14.4. The van der Waals surface area contributed by atoms with Crippen LogP contribution in [0, 0.1) is 28.5 Å². The van der Waals surface area contributed by atoms with Crippen LogP contribution in [0.25, 0.3) is 45.3 Å².